The van der Waals surface area contributed by atoms with Crippen molar-refractivity contribution in [2.24, 2.45) is 11.1 Å². The van der Waals surface area contributed by atoms with Crippen LogP contribution in [0.25, 0.3) is 5.69 Å². The van der Waals surface area contributed by atoms with Crippen LogP contribution >= 0.6 is 11.6 Å². The fraction of sp³-hybridized carbons (Fsp3) is 0.550. The van der Waals surface area contributed by atoms with E-state index in [1.54, 1.807) is 18.2 Å². The van der Waals surface area contributed by atoms with Crippen molar-refractivity contribution >= 4 is 23.4 Å². The SMILES string of the molecule is CC1(C[C@@H](N)C(=O)N2CC(F)(F)C[C@H]2C(=O)NCc2cc(Cl)ccc2-n2cnnn2)CC1. The van der Waals surface area contributed by atoms with Crippen molar-refractivity contribution in [3.05, 3.63) is 35.1 Å². The molecule has 2 heterocycles. The van der Waals surface area contributed by atoms with Crippen molar-refractivity contribution < 1.29 is 18.4 Å². The summed E-state index contributed by atoms with van der Waals surface area (Å²) in [4.78, 5) is 26.6. The fourth-order valence-corrected chi connectivity index (χ4v) is 4.22. The second-order valence-electron chi connectivity index (χ2n) is 8.91. The van der Waals surface area contributed by atoms with Crippen LogP contribution in [0.1, 0.15) is 38.2 Å². The normalized spacial score (nSPS) is 21.9. The molecule has 1 aliphatic heterocycles. The van der Waals surface area contributed by atoms with Gasteiger partial charge in [-0.25, -0.2) is 13.5 Å². The number of hydrogen-bond acceptors (Lipinski definition) is 6. The van der Waals surface area contributed by atoms with Crippen molar-refractivity contribution in [2.45, 2.75) is 57.2 Å². The fourth-order valence-electron chi connectivity index (χ4n) is 4.02. The van der Waals surface area contributed by atoms with E-state index in [-0.39, 0.29) is 12.0 Å². The molecule has 2 aliphatic rings. The molecule has 2 fully saturated rings. The molecule has 12 heteroatoms. The van der Waals surface area contributed by atoms with Crippen LogP contribution in [0.4, 0.5) is 8.78 Å². The van der Waals surface area contributed by atoms with Crippen LogP contribution in [0.3, 0.4) is 0 Å². The first kappa shape index (κ1) is 22.5. The van der Waals surface area contributed by atoms with Crippen LogP contribution in [0.15, 0.2) is 24.5 Å². The maximum absolute atomic E-state index is 14.2. The van der Waals surface area contributed by atoms with Gasteiger partial charge in [0.25, 0.3) is 5.92 Å². The van der Waals surface area contributed by atoms with E-state index in [1.807, 2.05) is 6.92 Å². The van der Waals surface area contributed by atoms with Crippen LogP contribution in [-0.4, -0.2) is 61.5 Å². The Morgan fingerprint density at radius 2 is 2.12 bits per heavy atom. The van der Waals surface area contributed by atoms with Gasteiger partial charge in [0.05, 0.1) is 18.3 Å². The number of nitrogens with one attached hydrogen (secondary N) is 1. The summed E-state index contributed by atoms with van der Waals surface area (Å²) in [7, 11) is 0. The number of tetrazole rings is 1. The highest BCUT2D eigenvalue weighted by Gasteiger charge is 2.51. The van der Waals surface area contributed by atoms with Crippen LogP contribution in [-0.2, 0) is 16.1 Å². The average molecular weight is 468 g/mol. The van der Waals surface area contributed by atoms with Gasteiger partial charge >= 0.3 is 0 Å². The molecule has 0 bridgehead atoms. The van der Waals surface area contributed by atoms with E-state index in [1.165, 1.54) is 11.0 Å². The van der Waals surface area contributed by atoms with Gasteiger partial charge in [0.15, 0.2) is 0 Å². The molecule has 3 N–H and O–H groups in total. The summed E-state index contributed by atoms with van der Waals surface area (Å²) in [6.45, 7) is 1.18. The maximum atomic E-state index is 14.2. The molecule has 2 aromatic rings. The van der Waals surface area contributed by atoms with Gasteiger partial charge in [-0.1, -0.05) is 18.5 Å². The second kappa shape index (κ2) is 8.36. The molecule has 0 spiro atoms. The first-order valence-electron chi connectivity index (χ1n) is 10.3. The maximum Gasteiger partial charge on any atom is 0.267 e. The van der Waals surface area contributed by atoms with E-state index in [2.05, 4.69) is 20.8 Å². The number of carbonyl (C=O) groups excluding carboxylic acids is 2. The molecule has 2 amide bonds. The van der Waals surface area contributed by atoms with Crippen LogP contribution in [0.2, 0.25) is 5.02 Å². The third-order valence-corrected chi connectivity index (χ3v) is 6.31. The van der Waals surface area contributed by atoms with E-state index in [0.29, 0.717) is 22.7 Å². The minimum Gasteiger partial charge on any atom is -0.350 e. The summed E-state index contributed by atoms with van der Waals surface area (Å²) >= 11 is 6.08. The molecule has 1 aromatic heterocycles. The number of carbonyl (C=O) groups is 2. The lowest BCUT2D eigenvalue weighted by atomic mass is 9.98. The number of aromatic nitrogens is 4. The monoisotopic (exact) mass is 467 g/mol. The number of nitrogens with zero attached hydrogens (tertiary/aromatic N) is 5. The van der Waals surface area contributed by atoms with E-state index in [4.69, 9.17) is 17.3 Å². The van der Waals surface area contributed by atoms with Crippen molar-refractivity contribution in [2.75, 3.05) is 6.54 Å². The molecule has 9 nitrogen and oxygen atoms in total. The molecule has 1 aromatic carbocycles. The van der Waals surface area contributed by atoms with E-state index in [9.17, 15) is 18.4 Å². The molecule has 0 unspecified atom stereocenters. The lowest BCUT2D eigenvalue weighted by Gasteiger charge is -2.27. The molecule has 4 rings (SSSR count). The lowest BCUT2D eigenvalue weighted by molar-refractivity contribution is -0.140. The molecule has 1 aliphatic carbocycles. The minimum atomic E-state index is -3.16. The first-order valence-corrected chi connectivity index (χ1v) is 10.7. The van der Waals surface area contributed by atoms with Crippen molar-refractivity contribution in [3.8, 4) is 5.69 Å². The summed E-state index contributed by atoms with van der Waals surface area (Å²) in [6.07, 6.45) is 2.97. The number of rotatable bonds is 7. The summed E-state index contributed by atoms with van der Waals surface area (Å²) in [5.41, 5.74) is 7.16. The highest BCUT2D eigenvalue weighted by atomic mass is 35.5. The zero-order chi connectivity index (χ0) is 23.1. The van der Waals surface area contributed by atoms with E-state index < -0.39 is 42.8 Å². The predicted octanol–water partition coefficient (Wildman–Crippen LogP) is 1.69. The third kappa shape index (κ3) is 4.88. The van der Waals surface area contributed by atoms with Gasteiger partial charge < -0.3 is 16.0 Å². The highest BCUT2D eigenvalue weighted by molar-refractivity contribution is 6.30. The Morgan fingerprint density at radius 1 is 1.38 bits per heavy atom. The Bertz CT molecular complexity index is 1010. The van der Waals surface area contributed by atoms with E-state index >= 15 is 0 Å². The zero-order valence-corrected chi connectivity index (χ0v) is 18.2. The minimum absolute atomic E-state index is 0.0111. The number of benzene rings is 1. The standard InChI is InChI=1S/C20H24ClF2N7O2/c1-19(4-5-19)7-14(24)18(32)29-10-20(22,23)8-16(29)17(31)25-9-12-6-13(21)2-3-15(12)30-11-26-27-28-30/h2-3,6,11,14,16H,4-5,7-10,24H2,1H3,(H,25,31)/t14-,16+/m1/s1. The summed E-state index contributed by atoms with van der Waals surface area (Å²) in [6, 6.07) is 2.73. The smallest absolute Gasteiger partial charge is 0.267 e. The summed E-state index contributed by atoms with van der Waals surface area (Å²) in [5, 5.41) is 14.1. The Kier molecular flexibility index (Phi) is 5.89. The van der Waals surface area contributed by atoms with Gasteiger partial charge in [-0.15, -0.1) is 5.10 Å². The van der Waals surface area contributed by atoms with Crippen molar-refractivity contribution in [1.82, 2.24) is 30.4 Å². The Hall–Kier alpha value is -2.66. The molecule has 2 atom stereocenters. The highest BCUT2D eigenvalue weighted by Crippen LogP contribution is 2.49. The van der Waals surface area contributed by atoms with E-state index in [0.717, 1.165) is 17.7 Å². The van der Waals surface area contributed by atoms with Gasteiger partial charge in [0.2, 0.25) is 11.8 Å². The average Bonchev–Trinajstić information content (AvgIpc) is 3.13. The molecular formula is C20H24ClF2N7O2. The van der Waals surface area contributed by atoms with Crippen LogP contribution < -0.4 is 11.1 Å². The lowest BCUT2D eigenvalue weighted by Crippen LogP contribution is -2.51. The van der Waals surface area contributed by atoms with Crippen LogP contribution in [0, 0.1) is 5.41 Å². The number of nitrogens with two attached hydrogens (primary N) is 1. The number of likely N-dealkylation sites (tertiary alicyclic amines) is 1. The summed E-state index contributed by atoms with van der Waals surface area (Å²) in [5.74, 6) is -4.45. The van der Waals surface area contributed by atoms with Gasteiger partial charge in [-0.2, -0.15) is 0 Å². The second-order valence-corrected chi connectivity index (χ2v) is 9.34. The van der Waals surface area contributed by atoms with Gasteiger partial charge in [-0.05, 0) is 58.9 Å². The third-order valence-electron chi connectivity index (χ3n) is 6.08. The Morgan fingerprint density at radius 3 is 2.78 bits per heavy atom. The van der Waals surface area contributed by atoms with Gasteiger partial charge in [0, 0.05) is 18.0 Å². The predicted molar refractivity (Wildman–Crippen MR) is 111 cm³/mol. The Balaban J connectivity index is 1.47. The number of alkyl halides is 2. The molecule has 32 heavy (non-hydrogen) atoms. The molecule has 1 saturated carbocycles. The summed E-state index contributed by atoms with van der Waals surface area (Å²) < 4.78 is 29.8. The number of halogens is 3. The number of hydrogen-bond donors (Lipinski definition) is 2. The zero-order valence-electron chi connectivity index (χ0n) is 17.5. The topological polar surface area (TPSA) is 119 Å². The van der Waals surface area contributed by atoms with Crippen molar-refractivity contribution in [3.63, 3.8) is 0 Å². The molecule has 1 saturated heterocycles. The molecule has 0 radical (unpaired) electrons. The quantitative estimate of drug-likeness (QED) is 0.639. The van der Waals surface area contributed by atoms with Gasteiger partial charge in [0.1, 0.15) is 12.4 Å². The molecular weight excluding hydrogens is 444 g/mol. The first-order chi connectivity index (χ1) is 15.1. The largest absolute Gasteiger partial charge is 0.350 e. The van der Waals surface area contributed by atoms with Crippen molar-refractivity contribution in [1.29, 1.82) is 0 Å². The molecule has 172 valence electrons. The number of amides is 2. The van der Waals surface area contributed by atoms with Crippen LogP contribution in [0.5, 0.6) is 0 Å². The van der Waals surface area contributed by atoms with Gasteiger partial charge in [-0.3, -0.25) is 9.59 Å². The Labute approximate surface area is 188 Å².